The second kappa shape index (κ2) is 5.09. The number of aliphatic carboxylic acids is 1. The Hall–Kier alpha value is -1.38. The van der Waals surface area contributed by atoms with Crippen LogP contribution in [0.4, 0.5) is 0 Å². The maximum Gasteiger partial charge on any atom is 0.306 e. The standard InChI is InChI=1S/C15H21NO2/c1-15(2)6-3-13(14(17)18)12(10-15)9-11-4-7-16-8-5-11/h4-5,7-8,12-13H,3,6,9-10H2,1-2H3,(H,17,18). The Morgan fingerprint density at radius 3 is 2.72 bits per heavy atom. The SMILES string of the molecule is CC1(C)CCC(C(=O)O)C(Cc2ccncc2)C1. The van der Waals surface area contributed by atoms with Gasteiger partial charge in [-0.2, -0.15) is 0 Å². The van der Waals surface area contributed by atoms with E-state index in [4.69, 9.17) is 0 Å². The van der Waals surface area contributed by atoms with Crippen molar-refractivity contribution in [3.63, 3.8) is 0 Å². The Morgan fingerprint density at radius 2 is 2.11 bits per heavy atom. The van der Waals surface area contributed by atoms with Crippen LogP contribution in [0.2, 0.25) is 0 Å². The molecule has 2 unspecified atom stereocenters. The Morgan fingerprint density at radius 1 is 1.44 bits per heavy atom. The number of aromatic nitrogens is 1. The van der Waals surface area contributed by atoms with Crippen molar-refractivity contribution >= 4 is 5.97 Å². The summed E-state index contributed by atoms with van der Waals surface area (Å²) in [6.07, 6.45) is 7.21. The van der Waals surface area contributed by atoms with E-state index < -0.39 is 5.97 Å². The summed E-state index contributed by atoms with van der Waals surface area (Å²) < 4.78 is 0. The van der Waals surface area contributed by atoms with Crippen LogP contribution in [0, 0.1) is 17.3 Å². The van der Waals surface area contributed by atoms with Gasteiger partial charge in [0.05, 0.1) is 5.92 Å². The minimum Gasteiger partial charge on any atom is -0.481 e. The van der Waals surface area contributed by atoms with Crippen LogP contribution in [0.15, 0.2) is 24.5 Å². The summed E-state index contributed by atoms with van der Waals surface area (Å²) in [5, 5.41) is 9.34. The fourth-order valence-electron chi connectivity index (χ4n) is 3.10. The third-order valence-electron chi connectivity index (χ3n) is 4.08. The van der Waals surface area contributed by atoms with E-state index in [2.05, 4.69) is 18.8 Å². The van der Waals surface area contributed by atoms with E-state index in [1.54, 1.807) is 12.4 Å². The molecule has 0 aliphatic heterocycles. The van der Waals surface area contributed by atoms with E-state index in [-0.39, 0.29) is 17.3 Å². The highest BCUT2D eigenvalue weighted by Crippen LogP contribution is 2.43. The highest BCUT2D eigenvalue weighted by Gasteiger charge is 2.38. The summed E-state index contributed by atoms with van der Waals surface area (Å²) in [5.74, 6) is -0.579. The minimum absolute atomic E-state index is 0.189. The van der Waals surface area contributed by atoms with Crippen LogP contribution in [0.3, 0.4) is 0 Å². The summed E-state index contributed by atoms with van der Waals surface area (Å²) in [6, 6.07) is 3.97. The second-order valence-electron chi connectivity index (χ2n) is 6.17. The molecule has 1 N–H and O–H groups in total. The Balaban J connectivity index is 2.13. The van der Waals surface area contributed by atoms with Crippen LogP contribution in [0.25, 0.3) is 0 Å². The molecule has 1 aliphatic rings. The van der Waals surface area contributed by atoms with Gasteiger partial charge in [-0.1, -0.05) is 13.8 Å². The van der Waals surface area contributed by atoms with Crippen LogP contribution in [0.1, 0.15) is 38.7 Å². The molecule has 2 rings (SSSR count). The molecular weight excluding hydrogens is 226 g/mol. The molecular formula is C15H21NO2. The average molecular weight is 247 g/mol. The van der Waals surface area contributed by atoms with Crippen molar-refractivity contribution < 1.29 is 9.90 Å². The largest absolute Gasteiger partial charge is 0.481 e. The maximum absolute atomic E-state index is 11.4. The topological polar surface area (TPSA) is 50.2 Å². The van der Waals surface area contributed by atoms with Crippen molar-refractivity contribution in [2.75, 3.05) is 0 Å². The van der Waals surface area contributed by atoms with E-state index in [1.807, 2.05) is 12.1 Å². The van der Waals surface area contributed by atoms with Crippen molar-refractivity contribution in [3.05, 3.63) is 30.1 Å². The maximum atomic E-state index is 11.4. The van der Waals surface area contributed by atoms with Crippen molar-refractivity contribution in [1.29, 1.82) is 0 Å². The molecule has 3 heteroatoms. The van der Waals surface area contributed by atoms with E-state index in [9.17, 15) is 9.90 Å². The minimum atomic E-state index is -0.635. The second-order valence-corrected chi connectivity index (χ2v) is 6.17. The fraction of sp³-hybridized carbons (Fsp3) is 0.600. The predicted molar refractivity (Wildman–Crippen MR) is 70.2 cm³/mol. The van der Waals surface area contributed by atoms with Gasteiger partial charge in [0.2, 0.25) is 0 Å². The number of pyridine rings is 1. The molecule has 0 amide bonds. The molecule has 1 aromatic rings. The lowest BCUT2D eigenvalue weighted by Crippen LogP contribution is -2.35. The van der Waals surface area contributed by atoms with Crippen molar-refractivity contribution in [2.24, 2.45) is 17.3 Å². The van der Waals surface area contributed by atoms with Gasteiger partial charge in [0, 0.05) is 12.4 Å². The van der Waals surface area contributed by atoms with Crippen LogP contribution in [-0.2, 0) is 11.2 Å². The zero-order valence-electron chi connectivity index (χ0n) is 11.1. The fourth-order valence-corrected chi connectivity index (χ4v) is 3.10. The summed E-state index contributed by atoms with van der Waals surface area (Å²) >= 11 is 0. The Bertz CT molecular complexity index is 414. The number of hydrogen-bond acceptors (Lipinski definition) is 2. The number of nitrogens with zero attached hydrogens (tertiary/aromatic N) is 1. The van der Waals surface area contributed by atoms with Gasteiger partial charge in [0.25, 0.3) is 0 Å². The molecule has 0 aromatic carbocycles. The molecule has 0 spiro atoms. The molecule has 2 atom stereocenters. The highest BCUT2D eigenvalue weighted by molar-refractivity contribution is 5.70. The number of rotatable bonds is 3. The van der Waals surface area contributed by atoms with Crippen LogP contribution in [-0.4, -0.2) is 16.1 Å². The molecule has 0 radical (unpaired) electrons. The molecule has 1 heterocycles. The molecule has 1 aliphatic carbocycles. The van der Waals surface area contributed by atoms with Crippen molar-refractivity contribution in [1.82, 2.24) is 4.98 Å². The summed E-state index contributed by atoms with van der Waals surface area (Å²) in [5.41, 5.74) is 1.46. The lowest BCUT2D eigenvalue weighted by molar-refractivity contribution is -0.146. The van der Waals surface area contributed by atoms with Gasteiger partial charge in [0.15, 0.2) is 0 Å². The summed E-state index contributed by atoms with van der Waals surface area (Å²) in [7, 11) is 0. The van der Waals surface area contributed by atoms with Gasteiger partial charge < -0.3 is 5.11 Å². The summed E-state index contributed by atoms with van der Waals surface area (Å²) in [6.45, 7) is 4.48. The molecule has 0 bridgehead atoms. The molecule has 98 valence electrons. The lowest BCUT2D eigenvalue weighted by Gasteiger charge is -2.39. The Labute approximate surface area is 108 Å². The monoisotopic (exact) mass is 247 g/mol. The van der Waals surface area contributed by atoms with E-state index in [0.29, 0.717) is 0 Å². The smallest absolute Gasteiger partial charge is 0.306 e. The predicted octanol–water partition coefficient (Wildman–Crippen LogP) is 3.15. The lowest BCUT2D eigenvalue weighted by atomic mass is 9.65. The van der Waals surface area contributed by atoms with E-state index >= 15 is 0 Å². The van der Waals surface area contributed by atoms with Gasteiger partial charge in [0.1, 0.15) is 0 Å². The van der Waals surface area contributed by atoms with Gasteiger partial charge in [-0.05, 0) is 54.7 Å². The van der Waals surface area contributed by atoms with Crippen molar-refractivity contribution in [3.8, 4) is 0 Å². The van der Waals surface area contributed by atoms with Gasteiger partial charge in [-0.3, -0.25) is 9.78 Å². The van der Waals surface area contributed by atoms with Gasteiger partial charge in [-0.15, -0.1) is 0 Å². The zero-order chi connectivity index (χ0) is 13.2. The van der Waals surface area contributed by atoms with Crippen molar-refractivity contribution in [2.45, 2.75) is 39.5 Å². The van der Waals surface area contributed by atoms with Crippen LogP contribution in [0.5, 0.6) is 0 Å². The third-order valence-corrected chi connectivity index (χ3v) is 4.08. The van der Waals surface area contributed by atoms with Gasteiger partial charge in [-0.25, -0.2) is 0 Å². The van der Waals surface area contributed by atoms with Gasteiger partial charge >= 0.3 is 5.97 Å². The first-order valence-corrected chi connectivity index (χ1v) is 6.60. The van der Waals surface area contributed by atoms with E-state index in [1.165, 1.54) is 5.56 Å². The molecule has 18 heavy (non-hydrogen) atoms. The average Bonchev–Trinajstić information content (AvgIpc) is 2.28. The first kappa shape index (κ1) is 13.1. The number of carboxylic acid groups (broad SMARTS) is 1. The first-order chi connectivity index (χ1) is 8.48. The van der Waals surface area contributed by atoms with Crippen LogP contribution < -0.4 is 0 Å². The highest BCUT2D eigenvalue weighted by atomic mass is 16.4. The Kier molecular flexibility index (Phi) is 3.69. The summed E-state index contributed by atoms with van der Waals surface area (Å²) in [4.78, 5) is 15.4. The van der Waals surface area contributed by atoms with E-state index in [0.717, 1.165) is 25.7 Å². The zero-order valence-corrected chi connectivity index (χ0v) is 11.1. The first-order valence-electron chi connectivity index (χ1n) is 6.60. The number of carboxylic acids is 1. The third kappa shape index (κ3) is 3.09. The van der Waals surface area contributed by atoms with Crippen LogP contribution >= 0.6 is 0 Å². The molecule has 0 saturated heterocycles. The molecule has 1 fully saturated rings. The molecule has 3 nitrogen and oxygen atoms in total. The quantitative estimate of drug-likeness (QED) is 0.892. The number of carbonyl (C=O) groups is 1. The number of hydrogen-bond donors (Lipinski definition) is 1. The molecule has 1 saturated carbocycles. The normalized spacial score (nSPS) is 26.8. The molecule has 1 aromatic heterocycles.